The van der Waals surface area contributed by atoms with Gasteiger partial charge in [-0.15, -0.1) is 11.3 Å². The second-order valence-electron chi connectivity index (χ2n) is 6.34. The summed E-state index contributed by atoms with van der Waals surface area (Å²) in [6.45, 7) is 6.68. The van der Waals surface area contributed by atoms with Crippen molar-refractivity contribution in [3.63, 3.8) is 0 Å². The zero-order valence-corrected chi connectivity index (χ0v) is 15.5. The van der Waals surface area contributed by atoms with Gasteiger partial charge in [-0.3, -0.25) is 4.79 Å². The van der Waals surface area contributed by atoms with Gasteiger partial charge in [-0.25, -0.2) is 4.98 Å². The number of ether oxygens (including phenoxy) is 1. The van der Waals surface area contributed by atoms with Gasteiger partial charge in [0.2, 0.25) is 0 Å². The number of carbonyl (C=O) groups excluding carboxylic acids is 1. The van der Waals surface area contributed by atoms with Crippen molar-refractivity contribution in [3.05, 3.63) is 58.6 Å². The number of benzene rings is 2. The number of amides is 1. The summed E-state index contributed by atoms with van der Waals surface area (Å²) in [6.07, 6.45) is 0. The first-order valence-corrected chi connectivity index (χ1v) is 9.19. The molecule has 0 radical (unpaired) electrons. The van der Waals surface area contributed by atoms with Crippen LogP contribution in [0.2, 0.25) is 0 Å². The Hall–Kier alpha value is -2.40. The molecule has 0 atom stereocenters. The third-order valence-electron chi connectivity index (χ3n) is 3.92. The summed E-state index contributed by atoms with van der Waals surface area (Å²) in [7, 11) is 0. The molecule has 0 bridgehead atoms. The Morgan fingerprint density at radius 1 is 1.24 bits per heavy atom. The Kier molecular flexibility index (Phi) is 5.34. The number of aryl methyl sites for hydroxylation is 1. The number of para-hydroxylation sites is 1. The third-order valence-corrected chi connectivity index (χ3v) is 4.96. The molecule has 5 heteroatoms. The molecule has 1 aromatic heterocycles. The molecule has 4 nitrogen and oxygen atoms in total. The van der Waals surface area contributed by atoms with Crippen LogP contribution in [0.5, 0.6) is 5.75 Å². The van der Waals surface area contributed by atoms with E-state index in [-0.39, 0.29) is 12.5 Å². The lowest BCUT2D eigenvalue weighted by Crippen LogP contribution is -2.28. The maximum Gasteiger partial charge on any atom is 0.258 e. The highest BCUT2D eigenvalue weighted by Gasteiger charge is 2.11. The van der Waals surface area contributed by atoms with Crippen molar-refractivity contribution in [2.75, 3.05) is 6.61 Å². The van der Waals surface area contributed by atoms with Crippen LogP contribution in [-0.4, -0.2) is 17.5 Å². The number of nitrogens with one attached hydrogen (secondary N) is 1. The van der Waals surface area contributed by atoms with E-state index >= 15 is 0 Å². The summed E-state index contributed by atoms with van der Waals surface area (Å²) < 4.78 is 6.89. The molecular weight excluding hydrogens is 332 g/mol. The molecule has 0 fully saturated rings. The minimum Gasteiger partial charge on any atom is -0.483 e. The van der Waals surface area contributed by atoms with E-state index in [4.69, 9.17) is 4.74 Å². The van der Waals surface area contributed by atoms with Crippen LogP contribution >= 0.6 is 11.3 Å². The van der Waals surface area contributed by atoms with E-state index in [9.17, 15) is 4.79 Å². The van der Waals surface area contributed by atoms with Gasteiger partial charge in [0.1, 0.15) is 10.8 Å². The smallest absolute Gasteiger partial charge is 0.258 e. The molecule has 2 aromatic carbocycles. The Labute approximate surface area is 151 Å². The van der Waals surface area contributed by atoms with Crippen LogP contribution < -0.4 is 10.1 Å². The van der Waals surface area contributed by atoms with E-state index in [1.165, 1.54) is 0 Å². The summed E-state index contributed by atoms with van der Waals surface area (Å²) in [5.74, 6) is 0.988. The van der Waals surface area contributed by atoms with Gasteiger partial charge in [-0.2, -0.15) is 0 Å². The second kappa shape index (κ2) is 7.66. The fourth-order valence-electron chi connectivity index (χ4n) is 2.61. The SMILES string of the molecule is Cc1ccc(C(C)C)c(OCC(=O)NCc2nc3ccccc3s2)c1. The highest BCUT2D eigenvalue weighted by atomic mass is 32.1. The average Bonchev–Trinajstić information content (AvgIpc) is 3.01. The predicted octanol–water partition coefficient (Wildman–Crippen LogP) is 4.42. The van der Waals surface area contributed by atoms with E-state index < -0.39 is 0 Å². The first-order chi connectivity index (χ1) is 12.0. The molecule has 1 heterocycles. The number of aromatic nitrogens is 1. The number of rotatable bonds is 6. The lowest BCUT2D eigenvalue weighted by atomic mass is 10.0. The van der Waals surface area contributed by atoms with Gasteiger partial charge in [0.25, 0.3) is 5.91 Å². The van der Waals surface area contributed by atoms with Gasteiger partial charge in [-0.1, -0.05) is 38.1 Å². The van der Waals surface area contributed by atoms with Crippen molar-refractivity contribution < 1.29 is 9.53 Å². The van der Waals surface area contributed by atoms with Gasteiger partial charge in [0, 0.05) is 0 Å². The first kappa shape index (κ1) is 17.4. The molecule has 130 valence electrons. The van der Waals surface area contributed by atoms with Gasteiger partial charge in [0.05, 0.1) is 16.8 Å². The molecule has 0 aliphatic heterocycles. The number of thiazole rings is 1. The molecule has 0 unspecified atom stereocenters. The highest BCUT2D eigenvalue weighted by Crippen LogP contribution is 2.27. The normalized spacial score (nSPS) is 11.0. The standard InChI is InChI=1S/C20H22N2O2S/c1-13(2)15-9-8-14(3)10-17(15)24-12-19(23)21-11-20-22-16-6-4-5-7-18(16)25-20/h4-10,13H,11-12H2,1-3H3,(H,21,23). The van der Waals surface area contributed by atoms with Crippen LogP contribution in [-0.2, 0) is 11.3 Å². The van der Waals surface area contributed by atoms with Crippen molar-refractivity contribution in [1.29, 1.82) is 0 Å². The number of carbonyl (C=O) groups is 1. The van der Waals surface area contributed by atoms with E-state index in [1.54, 1.807) is 11.3 Å². The van der Waals surface area contributed by atoms with Crippen LogP contribution in [0.15, 0.2) is 42.5 Å². The molecule has 1 N–H and O–H groups in total. The zero-order chi connectivity index (χ0) is 17.8. The molecule has 1 amide bonds. The van der Waals surface area contributed by atoms with Crippen LogP contribution in [0.4, 0.5) is 0 Å². The van der Waals surface area contributed by atoms with E-state index in [0.29, 0.717) is 12.5 Å². The van der Waals surface area contributed by atoms with Crippen LogP contribution in [0.1, 0.15) is 35.9 Å². The van der Waals surface area contributed by atoms with Crippen LogP contribution in [0.25, 0.3) is 10.2 Å². The Morgan fingerprint density at radius 2 is 2.04 bits per heavy atom. The minimum atomic E-state index is -0.143. The summed E-state index contributed by atoms with van der Waals surface area (Å²) in [4.78, 5) is 16.6. The summed E-state index contributed by atoms with van der Waals surface area (Å²) in [5.41, 5.74) is 3.20. The molecule has 25 heavy (non-hydrogen) atoms. The molecule has 0 saturated heterocycles. The van der Waals surface area contributed by atoms with E-state index in [0.717, 1.165) is 32.1 Å². The largest absolute Gasteiger partial charge is 0.483 e. The third kappa shape index (κ3) is 4.37. The molecular formula is C20H22N2O2S. The van der Waals surface area contributed by atoms with Crippen molar-refractivity contribution in [3.8, 4) is 5.75 Å². The lowest BCUT2D eigenvalue weighted by molar-refractivity contribution is -0.123. The monoisotopic (exact) mass is 354 g/mol. The van der Waals surface area contributed by atoms with Crippen molar-refractivity contribution in [2.24, 2.45) is 0 Å². The van der Waals surface area contributed by atoms with Gasteiger partial charge >= 0.3 is 0 Å². The maximum absolute atomic E-state index is 12.1. The molecule has 3 rings (SSSR count). The average molecular weight is 354 g/mol. The minimum absolute atomic E-state index is 0.00800. The molecule has 0 aliphatic rings. The fraction of sp³-hybridized carbons (Fsp3) is 0.300. The topological polar surface area (TPSA) is 51.2 Å². The Morgan fingerprint density at radius 3 is 2.80 bits per heavy atom. The summed E-state index contributed by atoms with van der Waals surface area (Å²) in [6, 6.07) is 14.1. The molecule has 0 aliphatic carbocycles. The van der Waals surface area contributed by atoms with Gasteiger partial charge < -0.3 is 10.1 Å². The quantitative estimate of drug-likeness (QED) is 0.713. The van der Waals surface area contributed by atoms with Crippen LogP contribution in [0.3, 0.4) is 0 Å². The van der Waals surface area contributed by atoms with Crippen molar-refractivity contribution in [1.82, 2.24) is 10.3 Å². The van der Waals surface area contributed by atoms with Crippen molar-refractivity contribution in [2.45, 2.75) is 33.2 Å². The number of hydrogen-bond acceptors (Lipinski definition) is 4. The molecule has 0 spiro atoms. The molecule has 3 aromatic rings. The number of nitrogens with zero attached hydrogens (tertiary/aromatic N) is 1. The van der Waals surface area contributed by atoms with Gasteiger partial charge in [0.15, 0.2) is 6.61 Å². The summed E-state index contributed by atoms with van der Waals surface area (Å²) >= 11 is 1.60. The van der Waals surface area contributed by atoms with E-state index in [1.807, 2.05) is 37.3 Å². The maximum atomic E-state index is 12.1. The predicted molar refractivity (Wildman–Crippen MR) is 102 cm³/mol. The molecule has 0 saturated carbocycles. The Balaban J connectivity index is 1.57. The highest BCUT2D eigenvalue weighted by molar-refractivity contribution is 7.18. The summed E-state index contributed by atoms with van der Waals surface area (Å²) in [5, 5.41) is 3.77. The zero-order valence-electron chi connectivity index (χ0n) is 14.7. The van der Waals surface area contributed by atoms with Gasteiger partial charge in [-0.05, 0) is 42.2 Å². The van der Waals surface area contributed by atoms with Crippen molar-refractivity contribution >= 4 is 27.5 Å². The number of hydrogen-bond donors (Lipinski definition) is 1. The second-order valence-corrected chi connectivity index (χ2v) is 7.45. The fourth-order valence-corrected chi connectivity index (χ4v) is 3.51. The number of fused-ring (bicyclic) bond motifs is 1. The van der Waals surface area contributed by atoms with Crippen LogP contribution in [0, 0.1) is 6.92 Å². The Bertz CT molecular complexity index is 853. The lowest BCUT2D eigenvalue weighted by Gasteiger charge is -2.14. The first-order valence-electron chi connectivity index (χ1n) is 8.37. The van der Waals surface area contributed by atoms with E-state index in [2.05, 4.69) is 36.3 Å².